The number of hydrogen-bond acceptors (Lipinski definition) is 6. The van der Waals surface area contributed by atoms with Gasteiger partial charge in [0.15, 0.2) is 0 Å². The molecule has 1 aliphatic heterocycles. The summed E-state index contributed by atoms with van der Waals surface area (Å²) in [5.74, 6) is -0.966. The fourth-order valence-corrected chi connectivity index (χ4v) is 4.03. The van der Waals surface area contributed by atoms with E-state index >= 15 is 0 Å². The normalized spacial score (nSPS) is 15.4. The van der Waals surface area contributed by atoms with Gasteiger partial charge in [-0.25, -0.2) is 0 Å². The topological polar surface area (TPSA) is 113 Å². The average Bonchev–Trinajstić information content (AvgIpc) is 3.18. The van der Waals surface area contributed by atoms with E-state index in [1.54, 1.807) is 24.3 Å². The van der Waals surface area contributed by atoms with E-state index in [4.69, 9.17) is 0 Å². The molecule has 3 amide bonds. The molecule has 3 aromatic rings. The van der Waals surface area contributed by atoms with Crippen LogP contribution in [0.3, 0.4) is 0 Å². The standard InChI is InChI=1S/C22H21N5O3S/c28-18(25-22-27-26-19(31-22)13-10-14-6-2-1-3-7-14)12-11-17-21(30)23-16-9-5-4-8-15(16)20(29)24-17/h1-9,17H,10-13H2,(H,23,30)(H,24,29)(H,25,27,28)/t17-/m1/s1. The van der Waals surface area contributed by atoms with Crippen molar-refractivity contribution in [1.82, 2.24) is 15.5 Å². The molecule has 0 aliphatic carbocycles. The second kappa shape index (κ2) is 9.48. The smallest absolute Gasteiger partial charge is 0.254 e. The highest BCUT2D eigenvalue weighted by atomic mass is 32.1. The van der Waals surface area contributed by atoms with Crippen molar-refractivity contribution in [1.29, 1.82) is 0 Å². The monoisotopic (exact) mass is 435 g/mol. The van der Waals surface area contributed by atoms with Crippen molar-refractivity contribution >= 4 is 39.9 Å². The van der Waals surface area contributed by atoms with Crippen LogP contribution in [0.4, 0.5) is 10.8 Å². The second-order valence-corrected chi connectivity index (χ2v) is 8.20. The number of carbonyl (C=O) groups excluding carboxylic acids is 3. The Morgan fingerprint density at radius 1 is 1.00 bits per heavy atom. The number of hydrogen-bond donors (Lipinski definition) is 3. The van der Waals surface area contributed by atoms with E-state index in [1.807, 2.05) is 18.2 Å². The zero-order chi connectivity index (χ0) is 21.6. The maximum absolute atomic E-state index is 12.4. The number of fused-ring (bicyclic) bond motifs is 1. The first-order chi connectivity index (χ1) is 15.1. The summed E-state index contributed by atoms with van der Waals surface area (Å²) < 4.78 is 0. The van der Waals surface area contributed by atoms with Crippen LogP contribution in [0.2, 0.25) is 0 Å². The van der Waals surface area contributed by atoms with Gasteiger partial charge in [0, 0.05) is 12.8 Å². The van der Waals surface area contributed by atoms with E-state index in [0.717, 1.165) is 17.8 Å². The lowest BCUT2D eigenvalue weighted by Crippen LogP contribution is -2.41. The Morgan fingerprint density at radius 2 is 1.77 bits per heavy atom. The maximum atomic E-state index is 12.4. The van der Waals surface area contributed by atoms with Gasteiger partial charge in [-0.1, -0.05) is 53.8 Å². The van der Waals surface area contributed by atoms with E-state index in [1.165, 1.54) is 16.9 Å². The Labute approximate surface area is 183 Å². The second-order valence-electron chi connectivity index (χ2n) is 7.13. The average molecular weight is 436 g/mol. The molecule has 4 rings (SSSR count). The quantitative estimate of drug-likeness (QED) is 0.528. The molecular weight excluding hydrogens is 414 g/mol. The number of para-hydroxylation sites is 1. The molecule has 1 atom stereocenters. The van der Waals surface area contributed by atoms with Crippen LogP contribution in [0.5, 0.6) is 0 Å². The van der Waals surface area contributed by atoms with Crippen LogP contribution in [0.15, 0.2) is 54.6 Å². The molecule has 2 aromatic carbocycles. The van der Waals surface area contributed by atoms with E-state index in [-0.39, 0.29) is 30.6 Å². The summed E-state index contributed by atoms with van der Waals surface area (Å²) in [6.07, 6.45) is 1.83. The molecule has 0 fully saturated rings. The van der Waals surface area contributed by atoms with Crippen molar-refractivity contribution in [3.05, 3.63) is 70.7 Å². The first kappa shape index (κ1) is 20.7. The van der Waals surface area contributed by atoms with Gasteiger partial charge in [-0.15, -0.1) is 10.2 Å². The Hall–Kier alpha value is -3.59. The minimum Gasteiger partial charge on any atom is -0.340 e. The zero-order valence-corrected chi connectivity index (χ0v) is 17.4. The van der Waals surface area contributed by atoms with Crippen molar-refractivity contribution in [2.45, 2.75) is 31.7 Å². The minimum atomic E-state index is -0.790. The number of nitrogens with one attached hydrogen (secondary N) is 3. The van der Waals surface area contributed by atoms with Crippen LogP contribution in [0.1, 0.15) is 33.8 Å². The predicted molar refractivity (Wildman–Crippen MR) is 118 cm³/mol. The van der Waals surface area contributed by atoms with Crippen LogP contribution in [-0.2, 0) is 22.4 Å². The number of aryl methyl sites for hydroxylation is 2. The molecule has 9 heteroatoms. The highest BCUT2D eigenvalue weighted by Crippen LogP contribution is 2.20. The largest absolute Gasteiger partial charge is 0.340 e. The molecule has 0 radical (unpaired) electrons. The van der Waals surface area contributed by atoms with Crippen molar-refractivity contribution in [2.24, 2.45) is 0 Å². The van der Waals surface area contributed by atoms with E-state index < -0.39 is 6.04 Å². The third-order valence-corrected chi connectivity index (χ3v) is 5.79. The molecule has 0 spiro atoms. The molecule has 0 unspecified atom stereocenters. The number of rotatable bonds is 7. The third kappa shape index (κ3) is 5.32. The summed E-state index contributed by atoms with van der Waals surface area (Å²) in [4.78, 5) is 37.1. The molecule has 31 heavy (non-hydrogen) atoms. The van der Waals surface area contributed by atoms with E-state index in [0.29, 0.717) is 16.4 Å². The van der Waals surface area contributed by atoms with Gasteiger partial charge in [0.1, 0.15) is 11.0 Å². The van der Waals surface area contributed by atoms with Crippen molar-refractivity contribution < 1.29 is 14.4 Å². The Balaban J connectivity index is 1.27. The third-order valence-electron chi connectivity index (χ3n) is 4.90. The van der Waals surface area contributed by atoms with Gasteiger partial charge in [-0.05, 0) is 30.5 Å². The van der Waals surface area contributed by atoms with Gasteiger partial charge in [0.25, 0.3) is 5.91 Å². The minimum absolute atomic E-state index is 0.0631. The molecular formula is C22H21N5O3S. The van der Waals surface area contributed by atoms with Gasteiger partial charge < -0.3 is 16.0 Å². The lowest BCUT2D eigenvalue weighted by Gasteiger charge is -2.13. The van der Waals surface area contributed by atoms with Gasteiger partial charge in [-0.2, -0.15) is 0 Å². The lowest BCUT2D eigenvalue weighted by molar-refractivity contribution is -0.118. The van der Waals surface area contributed by atoms with Gasteiger partial charge >= 0.3 is 0 Å². The first-order valence-electron chi connectivity index (χ1n) is 9.95. The number of nitrogens with zero attached hydrogens (tertiary/aromatic N) is 2. The summed E-state index contributed by atoms with van der Waals surface area (Å²) in [5.41, 5.74) is 2.09. The van der Waals surface area contributed by atoms with Gasteiger partial charge in [0.05, 0.1) is 11.3 Å². The summed E-state index contributed by atoms with van der Waals surface area (Å²) in [6, 6.07) is 16.1. The van der Waals surface area contributed by atoms with E-state index in [9.17, 15) is 14.4 Å². The number of benzene rings is 2. The highest BCUT2D eigenvalue weighted by molar-refractivity contribution is 7.15. The Kier molecular flexibility index (Phi) is 6.32. The molecule has 0 saturated carbocycles. The lowest BCUT2D eigenvalue weighted by atomic mass is 10.1. The fraction of sp³-hybridized carbons (Fsp3) is 0.227. The Morgan fingerprint density at radius 3 is 2.61 bits per heavy atom. The van der Waals surface area contributed by atoms with Crippen molar-refractivity contribution in [3.8, 4) is 0 Å². The Bertz CT molecular complexity index is 1100. The van der Waals surface area contributed by atoms with Crippen LogP contribution >= 0.6 is 11.3 Å². The summed E-state index contributed by atoms with van der Waals surface area (Å²) in [6.45, 7) is 0. The molecule has 158 valence electrons. The SMILES string of the molecule is O=C(CC[C@H]1NC(=O)c2ccccc2NC1=O)Nc1nnc(CCc2ccccc2)s1. The van der Waals surface area contributed by atoms with Crippen molar-refractivity contribution in [2.75, 3.05) is 10.6 Å². The summed E-state index contributed by atoms with van der Waals surface area (Å²) in [5, 5.41) is 17.5. The van der Waals surface area contributed by atoms with Crippen LogP contribution in [0, 0.1) is 0 Å². The zero-order valence-electron chi connectivity index (χ0n) is 16.6. The molecule has 3 N–H and O–H groups in total. The number of amides is 3. The van der Waals surface area contributed by atoms with Crippen LogP contribution < -0.4 is 16.0 Å². The molecule has 8 nitrogen and oxygen atoms in total. The summed E-state index contributed by atoms with van der Waals surface area (Å²) in [7, 11) is 0. The van der Waals surface area contributed by atoms with Gasteiger partial charge in [0.2, 0.25) is 16.9 Å². The molecule has 1 aliphatic rings. The maximum Gasteiger partial charge on any atom is 0.254 e. The van der Waals surface area contributed by atoms with Crippen LogP contribution in [0.25, 0.3) is 0 Å². The van der Waals surface area contributed by atoms with Gasteiger partial charge in [-0.3, -0.25) is 14.4 Å². The molecule has 2 heterocycles. The van der Waals surface area contributed by atoms with Crippen molar-refractivity contribution in [3.63, 3.8) is 0 Å². The number of aromatic nitrogens is 2. The first-order valence-corrected chi connectivity index (χ1v) is 10.8. The summed E-state index contributed by atoms with van der Waals surface area (Å²) >= 11 is 1.33. The predicted octanol–water partition coefficient (Wildman–Crippen LogP) is 2.79. The van der Waals surface area contributed by atoms with Crippen LogP contribution in [-0.4, -0.2) is 34.0 Å². The molecule has 0 bridgehead atoms. The highest BCUT2D eigenvalue weighted by Gasteiger charge is 2.27. The molecule has 1 aromatic heterocycles. The number of carbonyl (C=O) groups is 3. The van der Waals surface area contributed by atoms with E-state index in [2.05, 4.69) is 38.3 Å². The number of anilines is 2. The fourth-order valence-electron chi connectivity index (χ4n) is 3.27. The molecule has 0 saturated heterocycles.